The van der Waals surface area contributed by atoms with Crippen LogP contribution in [0.3, 0.4) is 0 Å². The van der Waals surface area contributed by atoms with Crippen LogP contribution < -0.4 is 0 Å². The van der Waals surface area contributed by atoms with Crippen LogP contribution in [0.1, 0.15) is 27.4 Å². The van der Waals surface area contributed by atoms with E-state index in [1.807, 2.05) is 0 Å². The second-order valence-electron chi connectivity index (χ2n) is 11.3. The number of hydrogen-bond donors (Lipinski definition) is 0. The molecule has 0 bridgehead atoms. The van der Waals surface area contributed by atoms with Crippen LogP contribution in [0.2, 0.25) is 0 Å². The van der Waals surface area contributed by atoms with Crippen LogP contribution in [0.25, 0.3) is 105 Å². The van der Waals surface area contributed by atoms with Gasteiger partial charge < -0.3 is 0 Å². The summed E-state index contributed by atoms with van der Waals surface area (Å²) in [5.41, 5.74) is 0.185. The summed E-state index contributed by atoms with van der Waals surface area (Å²) < 4.78 is 178. The molecule has 0 saturated heterocycles. The topological polar surface area (TPSA) is 25.8 Å². The van der Waals surface area contributed by atoms with Crippen molar-refractivity contribution >= 4 is 94.7 Å². The molecule has 0 aliphatic carbocycles. The molecule has 4 aromatic heterocycles. The average Bonchev–Trinajstić information content (AvgIpc) is 4.05. The fourth-order valence-corrected chi connectivity index (χ4v) is 9.50. The van der Waals surface area contributed by atoms with E-state index in [4.69, 9.17) is 24.7 Å². The molecule has 11 rings (SSSR count). The molecule has 4 heterocycles. The van der Waals surface area contributed by atoms with Crippen LogP contribution in [0, 0.1) is 0 Å². The maximum atomic E-state index is 9.62. The number of rotatable bonds is 4. The number of benzene rings is 7. The van der Waals surface area contributed by atoms with Gasteiger partial charge in [-0.3, -0.25) is 0 Å². The van der Waals surface area contributed by atoms with Gasteiger partial charge in [-0.05, 0) is 69.7 Å². The molecule has 0 radical (unpaired) electrons. The van der Waals surface area contributed by atoms with E-state index in [0.717, 1.165) is 22.7 Å². The summed E-state index contributed by atoms with van der Waals surface area (Å²) >= 11 is 2.93. The number of hydrogen-bond acceptors (Lipinski definition) is 5. The van der Waals surface area contributed by atoms with Crippen molar-refractivity contribution in [3.05, 3.63) is 158 Å². The Morgan fingerprint density at radius 2 is 1.00 bits per heavy atom. The molecule has 0 spiro atoms. The van der Waals surface area contributed by atoms with E-state index < -0.39 is 78.6 Å². The second-order valence-corrected chi connectivity index (χ2v) is 14.4. The predicted octanol–water partition coefficient (Wildman–Crippen LogP) is 14.2. The molecule has 51 heavy (non-hydrogen) atoms. The molecule has 0 atom stereocenters. The fraction of sp³-hybridized carbons (Fsp3) is 0. The summed E-state index contributed by atoms with van der Waals surface area (Å²) in [6.45, 7) is 0. The van der Waals surface area contributed by atoms with E-state index in [-0.39, 0.29) is 122 Å². The summed E-state index contributed by atoms with van der Waals surface area (Å²) in [4.78, 5) is 9.09. The van der Waals surface area contributed by atoms with E-state index in [0.29, 0.717) is 25.9 Å². The summed E-state index contributed by atoms with van der Waals surface area (Å²) in [6, 6.07) is -1.44. The monoisotopic (exact) mass is 722 g/mol. The summed E-state index contributed by atoms with van der Waals surface area (Å²) in [5.74, 6) is 0. The van der Waals surface area contributed by atoms with Gasteiger partial charge in [0, 0.05) is 56.0 Å². The molecule has 0 unspecified atom stereocenters. The van der Waals surface area contributed by atoms with Crippen molar-refractivity contribution in [2.45, 2.75) is 0 Å². The minimum Gasteiger partial charge on any atom is -0.235 e. The van der Waals surface area contributed by atoms with Gasteiger partial charge in [-0.15, -0.1) is 34.0 Å². The Morgan fingerprint density at radius 1 is 0.431 bits per heavy atom. The first-order chi connectivity index (χ1) is 33.6. The van der Waals surface area contributed by atoms with Gasteiger partial charge in [-0.1, -0.05) is 115 Å². The molecule has 7 aromatic carbocycles. The van der Waals surface area contributed by atoms with Crippen molar-refractivity contribution < 1.29 is 27.4 Å². The molecule has 11 aromatic rings. The molecule has 0 amide bonds. The van der Waals surface area contributed by atoms with Crippen LogP contribution in [-0.4, -0.2) is 9.97 Å². The Hall–Kier alpha value is -5.72. The fourth-order valence-electron chi connectivity index (χ4n) is 6.23. The van der Waals surface area contributed by atoms with Gasteiger partial charge >= 0.3 is 0 Å². The Bertz CT molecular complexity index is 4310. The van der Waals surface area contributed by atoms with Gasteiger partial charge in [0.1, 0.15) is 6.33 Å². The molecule has 238 valence electrons. The summed E-state index contributed by atoms with van der Waals surface area (Å²) in [5, 5.41) is 0.434. The third-order valence-electron chi connectivity index (χ3n) is 8.51. The third-order valence-corrected chi connectivity index (χ3v) is 11.9. The SMILES string of the molecule is [2H]c1cc([2H])c(-c2c([2H])c([2H])c([2H])c3c2sc2c([2H])c([2H])c([2H])c([2H])c23)c([2H])c1-c1ccc2sc3c(-c4c([2H])cc([2H])c(-c5c([2H])c([2H])c([2H])c6c5sc5c([2H])c([2H])c([2H])c([2H])c56)c4[2H])ncnc3c2c1. The van der Waals surface area contributed by atoms with E-state index in [9.17, 15) is 2.74 Å². The highest BCUT2D eigenvalue weighted by molar-refractivity contribution is 7.27. The van der Waals surface area contributed by atoms with Crippen molar-refractivity contribution in [3.8, 4) is 44.6 Å². The highest BCUT2D eigenvalue weighted by Crippen LogP contribution is 2.44. The van der Waals surface area contributed by atoms with E-state index in [1.165, 1.54) is 29.8 Å². The zero-order valence-corrected chi connectivity index (χ0v) is 28.0. The predicted molar refractivity (Wildman–Crippen MR) is 222 cm³/mol. The van der Waals surface area contributed by atoms with Crippen molar-refractivity contribution in [2.75, 3.05) is 0 Å². The molecular weight excluding hydrogens is 677 g/mol. The van der Waals surface area contributed by atoms with Crippen molar-refractivity contribution in [3.63, 3.8) is 0 Å². The van der Waals surface area contributed by atoms with Gasteiger partial charge in [0.05, 0.1) is 43.3 Å². The highest BCUT2D eigenvalue weighted by Gasteiger charge is 2.17. The Balaban J connectivity index is 1.11. The average molecular weight is 723 g/mol. The standard InChI is InChI=1S/C46H26N2S3/c1-3-19-39-34(13-1)36-17-7-15-32(44(36)49-39)29-10-5-9-27(23-29)28-21-22-41-38(25-28)43-46(51-41)42(47-26-48-43)31-12-6-11-30(24-31)33-16-8-18-37-35-14-2-4-20-40(35)50-45(33)37/h1-26H/i1D,2D,3D,4D,7D,8D,9D,10D,11D,12D,13D,14D,15D,16D,17D,18D,19D,20D,23D,24D. The molecule has 2 nitrogen and oxygen atoms in total. The molecule has 5 heteroatoms. The van der Waals surface area contributed by atoms with Gasteiger partial charge in [0.2, 0.25) is 0 Å². The van der Waals surface area contributed by atoms with Gasteiger partial charge in [-0.2, -0.15) is 0 Å². The Morgan fingerprint density at radius 3 is 1.69 bits per heavy atom. The zero-order valence-electron chi connectivity index (χ0n) is 45.6. The maximum absolute atomic E-state index is 9.62. The van der Waals surface area contributed by atoms with Crippen molar-refractivity contribution in [2.24, 2.45) is 0 Å². The largest absolute Gasteiger partial charge is 0.235 e. The number of fused-ring (bicyclic) bond motifs is 9. The Labute approximate surface area is 333 Å². The maximum Gasteiger partial charge on any atom is 0.116 e. The van der Waals surface area contributed by atoms with E-state index in [1.54, 1.807) is 18.2 Å². The molecule has 0 saturated carbocycles. The second kappa shape index (κ2) is 11.4. The molecule has 0 fully saturated rings. The first-order valence-electron chi connectivity index (χ1n) is 25.3. The normalized spacial score (nSPS) is 17.4. The van der Waals surface area contributed by atoms with Crippen LogP contribution in [0.15, 0.2) is 158 Å². The Kier molecular flexibility index (Phi) is 3.50. The van der Waals surface area contributed by atoms with Crippen molar-refractivity contribution in [1.29, 1.82) is 0 Å². The lowest BCUT2D eigenvalue weighted by Crippen LogP contribution is -1.87. The number of aromatic nitrogens is 2. The van der Waals surface area contributed by atoms with E-state index in [2.05, 4.69) is 9.97 Å². The van der Waals surface area contributed by atoms with Crippen LogP contribution in [-0.2, 0) is 0 Å². The minimum atomic E-state index is -0.589. The third kappa shape index (κ3) is 4.59. The highest BCUT2D eigenvalue weighted by atomic mass is 32.1. The molecule has 0 N–H and O–H groups in total. The van der Waals surface area contributed by atoms with Gasteiger partial charge in [-0.25, -0.2) is 9.97 Å². The summed E-state index contributed by atoms with van der Waals surface area (Å²) in [7, 11) is 0. The minimum absolute atomic E-state index is 0.0108. The lowest BCUT2D eigenvalue weighted by Gasteiger charge is -2.08. The first kappa shape index (κ1) is 15.7. The van der Waals surface area contributed by atoms with Gasteiger partial charge in [0.15, 0.2) is 0 Å². The van der Waals surface area contributed by atoms with Crippen molar-refractivity contribution in [1.82, 2.24) is 9.97 Å². The van der Waals surface area contributed by atoms with E-state index >= 15 is 0 Å². The molecule has 0 aliphatic rings. The van der Waals surface area contributed by atoms with Crippen LogP contribution in [0.4, 0.5) is 0 Å². The van der Waals surface area contributed by atoms with Gasteiger partial charge in [0.25, 0.3) is 0 Å². The quantitative estimate of drug-likeness (QED) is 0.181. The molecule has 0 aliphatic heterocycles. The summed E-state index contributed by atoms with van der Waals surface area (Å²) in [6.07, 6.45) is 1.22. The number of thiophene rings is 3. The van der Waals surface area contributed by atoms with Crippen LogP contribution in [0.5, 0.6) is 0 Å². The smallest absolute Gasteiger partial charge is 0.116 e. The first-order valence-corrected chi connectivity index (χ1v) is 17.8. The van der Waals surface area contributed by atoms with Crippen LogP contribution >= 0.6 is 34.0 Å². The molecular formula is C46H26N2S3. The number of nitrogens with zero attached hydrogens (tertiary/aromatic N) is 2. The lowest BCUT2D eigenvalue weighted by molar-refractivity contribution is 1.24. The zero-order chi connectivity index (χ0) is 50.9. The lowest BCUT2D eigenvalue weighted by atomic mass is 9.97.